The van der Waals surface area contributed by atoms with Gasteiger partial charge in [0.25, 0.3) is 0 Å². The van der Waals surface area contributed by atoms with Gasteiger partial charge in [-0.05, 0) is 6.54 Å². The van der Waals surface area contributed by atoms with E-state index in [0.29, 0.717) is 12.4 Å². The predicted molar refractivity (Wildman–Crippen MR) is 54.3 cm³/mol. The molecule has 0 atom stereocenters. The molecule has 98 valence electrons. The Morgan fingerprint density at radius 3 is 2.88 bits per heavy atom. The zero-order valence-corrected chi connectivity index (χ0v) is 9.50. The highest BCUT2D eigenvalue weighted by atomic mass is 19.4. The lowest BCUT2D eigenvalue weighted by molar-refractivity contribution is -0.174. The molecule has 17 heavy (non-hydrogen) atoms. The molecule has 0 radical (unpaired) electrons. The molecule has 1 rings (SSSR count). The molecule has 0 fully saturated rings. The lowest BCUT2D eigenvalue weighted by Gasteiger charge is -2.09. The van der Waals surface area contributed by atoms with E-state index in [0.717, 1.165) is 6.54 Å². The van der Waals surface area contributed by atoms with Crippen molar-refractivity contribution in [3.63, 3.8) is 0 Å². The number of hydrogen-bond acceptors (Lipinski definition) is 4. The molecule has 8 heteroatoms. The summed E-state index contributed by atoms with van der Waals surface area (Å²) in [4.78, 5) is 3.99. The SMILES string of the molecule is CCNCc1ncnn1CCOCC(F)(F)F. The summed E-state index contributed by atoms with van der Waals surface area (Å²) in [5.74, 6) is 0.683. The minimum absolute atomic E-state index is 0.0397. The van der Waals surface area contributed by atoms with Crippen molar-refractivity contribution in [1.29, 1.82) is 0 Å². The van der Waals surface area contributed by atoms with Gasteiger partial charge < -0.3 is 10.1 Å². The van der Waals surface area contributed by atoms with Crippen molar-refractivity contribution >= 4 is 0 Å². The van der Waals surface area contributed by atoms with Gasteiger partial charge in [0.2, 0.25) is 0 Å². The third kappa shape index (κ3) is 5.64. The minimum Gasteiger partial charge on any atom is -0.370 e. The Morgan fingerprint density at radius 2 is 2.24 bits per heavy atom. The van der Waals surface area contributed by atoms with Gasteiger partial charge in [0.1, 0.15) is 18.8 Å². The van der Waals surface area contributed by atoms with Crippen LogP contribution in [0, 0.1) is 0 Å². The molecule has 1 aromatic heterocycles. The Hall–Kier alpha value is -1.15. The van der Waals surface area contributed by atoms with Gasteiger partial charge in [-0.25, -0.2) is 9.67 Å². The van der Waals surface area contributed by atoms with Crippen LogP contribution >= 0.6 is 0 Å². The average Bonchev–Trinajstić information content (AvgIpc) is 2.67. The van der Waals surface area contributed by atoms with Gasteiger partial charge >= 0.3 is 6.18 Å². The summed E-state index contributed by atoms with van der Waals surface area (Å²) < 4.78 is 41.4. The fourth-order valence-electron chi connectivity index (χ4n) is 1.19. The third-order valence-electron chi connectivity index (χ3n) is 1.94. The first-order valence-corrected chi connectivity index (χ1v) is 5.25. The van der Waals surface area contributed by atoms with E-state index in [2.05, 4.69) is 20.1 Å². The summed E-state index contributed by atoms with van der Waals surface area (Å²) in [5.41, 5.74) is 0. The second kappa shape index (κ2) is 6.55. The summed E-state index contributed by atoms with van der Waals surface area (Å²) in [6, 6.07) is 0. The minimum atomic E-state index is -4.28. The maximum Gasteiger partial charge on any atom is 0.411 e. The molecule has 0 aliphatic rings. The van der Waals surface area contributed by atoms with E-state index in [1.807, 2.05) is 6.92 Å². The largest absolute Gasteiger partial charge is 0.411 e. The Bertz CT molecular complexity index is 326. The molecular weight excluding hydrogens is 237 g/mol. The van der Waals surface area contributed by atoms with Gasteiger partial charge in [-0.15, -0.1) is 0 Å². The topological polar surface area (TPSA) is 52.0 Å². The van der Waals surface area contributed by atoms with E-state index in [4.69, 9.17) is 0 Å². The Balaban J connectivity index is 2.29. The molecule has 0 bridgehead atoms. The highest BCUT2D eigenvalue weighted by Gasteiger charge is 2.27. The van der Waals surface area contributed by atoms with Gasteiger partial charge in [-0.3, -0.25) is 0 Å². The van der Waals surface area contributed by atoms with Crippen molar-refractivity contribution in [3.05, 3.63) is 12.2 Å². The molecule has 0 aromatic carbocycles. The van der Waals surface area contributed by atoms with E-state index in [-0.39, 0.29) is 13.2 Å². The number of hydrogen-bond donors (Lipinski definition) is 1. The number of halogens is 3. The molecule has 0 aliphatic carbocycles. The first-order chi connectivity index (χ1) is 8.03. The number of ether oxygens (including phenoxy) is 1. The molecule has 1 aromatic rings. The zero-order chi connectivity index (χ0) is 12.7. The number of rotatable bonds is 7. The molecule has 0 unspecified atom stereocenters. The van der Waals surface area contributed by atoms with Crippen molar-refractivity contribution in [2.24, 2.45) is 0 Å². The maximum absolute atomic E-state index is 11.8. The molecule has 0 aliphatic heterocycles. The fourth-order valence-corrected chi connectivity index (χ4v) is 1.19. The van der Waals surface area contributed by atoms with Crippen molar-refractivity contribution in [2.45, 2.75) is 26.2 Å². The molecule has 0 amide bonds. The van der Waals surface area contributed by atoms with E-state index in [1.54, 1.807) is 0 Å². The lowest BCUT2D eigenvalue weighted by atomic mass is 10.5. The quantitative estimate of drug-likeness (QED) is 0.735. The van der Waals surface area contributed by atoms with E-state index < -0.39 is 12.8 Å². The third-order valence-corrected chi connectivity index (χ3v) is 1.94. The van der Waals surface area contributed by atoms with Gasteiger partial charge in [0.05, 0.1) is 19.7 Å². The molecule has 0 saturated carbocycles. The van der Waals surface area contributed by atoms with Gasteiger partial charge in [0.15, 0.2) is 0 Å². The first-order valence-electron chi connectivity index (χ1n) is 5.25. The van der Waals surface area contributed by atoms with Crippen LogP contribution in [0.3, 0.4) is 0 Å². The molecule has 0 spiro atoms. The lowest BCUT2D eigenvalue weighted by Crippen LogP contribution is -2.21. The Morgan fingerprint density at radius 1 is 1.47 bits per heavy atom. The monoisotopic (exact) mass is 252 g/mol. The van der Waals surface area contributed by atoms with Crippen LogP contribution in [-0.4, -0.2) is 40.7 Å². The summed E-state index contributed by atoms with van der Waals surface area (Å²) in [5, 5.41) is 6.97. The van der Waals surface area contributed by atoms with Crippen LogP contribution in [0.25, 0.3) is 0 Å². The van der Waals surface area contributed by atoms with Crippen LogP contribution < -0.4 is 5.32 Å². The van der Waals surface area contributed by atoms with Crippen LogP contribution in [0.5, 0.6) is 0 Å². The van der Waals surface area contributed by atoms with Gasteiger partial charge in [-0.1, -0.05) is 6.92 Å². The standard InChI is InChI=1S/C9H15F3N4O/c1-2-13-5-8-14-7-15-16(8)3-4-17-6-9(10,11)12/h7,13H,2-6H2,1H3. The van der Waals surface area contributed by atoms with Crippen LogP contribution in [0.4, 0.5) is 13.2 Å². The highest BCUT2D eigenvalue weighted by molar-refractivity contribution is 4.83. The Labute approximate surface area is 97.0 Å². The van der Waals surface area contributed by atoms with E-state index in [1.165, 1.54) is 11.0 Å². The average molecular weight is 252 g/mol. The van der Waals surface area contributed by atoms with Crippen molar-refractivity contribution in [3.8, 4) is 0 Å². The number of nitrogens with zero attached hydrogens (tertiary/aromatic N) is 3. The maximum atomic E-state index is 11.8. The van der Waals surface area contributed by atoms with Crippen LogP contribution in [-0.2, 0) is 17.8 Å². The summed E-state index contributed by atoms with van der Waals surface area (Å²) >= 11 is 0. The normalized spacial score (nSPS) is 12.0. The van der Waals surface area contributed by atoms with Gasteiger partial charge in [0, 0.05) is 0 Å². The highest BCUT2D eigenvalue weighted by Crippen LogP contribution is 2.14. The zero-order valence-electron chi connectivity index (χ0n) is 9.50. The summed E-state index contributed by atoms with van der Waals surface area (Å²) in [6.07, 6.45) is -2.91. The van der Waals surface area contributed by atoms with Crippen LogP contribution in [0.15, 0.2) is 6.33 Å². The Kier molecular flexibility index (Phi) is 5.36. The van der Waals surface area contributed by atoms with Crippen LogP contribution in [0.2, 0.25) is 0 Å². The second-order valence-corrected chi connectivity index (χ2v) is 3.35. The second-order valence-electron chi connectivity index (χ2n) is 3.35. The smallest absolute Gasteiger partial charge is 0.370 e. The first kappa shape index (κ1) is 13.9. The molecule has 5 nitrogen and oxygen atoms in total. The predicted octanol–water partition coefficient (Wildman–Crippen LogP) is 0.967. The van der Waals surface area contributed by atoms with Crippen molar-refractivity contribution < 1.29 is 17.9 Å². The number of aromatic nitrogens is 3. The number of nitrogens with one attached hydrogen (secondary N) is 1. The van der Waals surface area contributed by atoms with Gasteiger partial charge in [-0.2, -0.15) is 18.3 Å². The summed E-state index contributed by atoms with van der Waals surface area (Å²) in [6.45, 7) is 2.27. The molecule has 1 N–H and O–H groups in total. The fraction of sp³-hybridized carbons (Fsp3) is 0.778. The van der Waals surface area contributed by atoms with E-state index in [9.17, 15) is 13.2 Å². The molecule has 1 heterocycles. The van der Waals surface area contributed by atoms with Crippen LogP contribution in [0.1, 0.15) is 12.7 Å². The van der Waals surface area contributed by atoms with E-state index >= 15 is 0 Å². The van der Waals surface area contributed by atoms with Crippen molar-refractivity contribution in [1.82, 2.24) is 20.1 Å². The van der Waals surface area contributed by atoms with Crippen molar-refractivity contribution in [2.75, 3.05) is 19.8 Å². The molecular formula is C9H15F3N4O. The number of alkyl halides is 3. The summed E-state index contributed by atoms with van der Waals surface area (Å²) in [7, 11) is 0. The molecule has 0 saturated heterocycles.